The molecule has 0 N–H and O–H groups in total. The molecule has 0 radical (unpaired) electrons. The monoisotopic (exact) mass is 245 g/mol. The van der Waals surface area contributed by atoms with Crippen molar-refractivity contribution < 1.29 is 14.3 Å². The van der Waals surface area contributed by atoms with Crippen molar-refractivity contribution in [3.8, 4) is 0 Å². The molecule has 3 rings (SSSR count). The van der Waals surface area contributed by atoms with Crippen LogP contribution in [0, 0.1) is 0 Å². The van der Waals surface area contributed by atoms with Crippen LogP contribution >= 0.6 is 0 Å². The van der Waals surface area contributed by atoms with Crippen LogP contribution < -0.4 is 0 Å². The molecule has 18 heavy (non-hydrogen) atoms. The zero-order valence-corrected chi connectivity index (χ0v) is 10.3. The quantitative estimate of drug-likeness (QED) is 0.740. The molecule has 0 bridgehead atoms. The van der Waals surface area contributed by atoms with E-state index < -0.39 is 6.10 Å². The van der Waals surface area contributed by atoms with E-state index in [0.29, 0.717) is 18.0 Å². The SMILES string of the molecule is CN(C(=O)[C@@H]1Cc2ccccc2C(=O)O1)C1CC1. The van der Waals surface area contributed by atoms with Crippen molar-refractivity contribution in [3.05, 3.63) is 35.4 Å². The number of carbonyl (C=O) groups excluding carboxylic acids is 2. The van der Waals surface area contributed by atoms with Gasteiger partial charge in [0.15, 0.2) is 6.10 Å². The molecule has 0 unspecified atom stereocenters. The number of esters is 1. The molecule has 0 spiro atoms. The van der Waals surface area contributed by atoms with E-state index in [0.717, 1.165) is 18.4 Å². The van der Waals surface area contributed by atoms with E-state index in [4.69, 9.17) is 4.74 Å². The van der Waals surface area contributed by atoms with Crippen LogP contribution in [-0.2, 0) is 16.0 Å². The normalized spacial score (nSPS) is 22.1. The Morgan fingerprint density at radius 2 is 2.06 bits per heavy atom. The van der Waals surface area contributed by atoms with Gasteiger partial charge in [0.1, 0.15) is 0 Å². The maximum Gasteiger partial charge on any atom is 0.339 e. The van der Waals surface area contributed by atoms with Crippen molar-refractivity contribution in [2.45, 2.75) is 31.4 Å². The molecule has 1 aromatic carbocycles. The number of cyclic esters (lactones) is 1. The fourth-order valence-corrected chi connectivity index (χ4v) is 2.34. The van der Waals surface area contributed by atoms with Gasteiger partial charge in [-0.3, -0.25) is 4.79 Å². The summed E-state index contributed by atoms with van der Waals surface area (Å²) in [5.74, 6) is -0.472. The summed E-state index contributed by atoms with van der Waals surface area (Å²) in [4.78, 5) is 25.7. The number of benzene rings is 1. The lowest BCUT2D eigenvalue weighted by Crippen LogP contribution is -2.43. The summed E-state index contributed by atoms with van der Waals surface area (Å²) in [6, 6.07) is 7.64. The van der Waals surface area contributed by atoms with Crippen LogP contribution in [-0.4, -0.2) is 36.0 Å². The Labute approximate surface area is 106 Å². The molecule has 1 fully saturated rings. The lowest BCUT2D eigenvalue weighted by atomic mass is 9.98. The number of ether oxygens (including phenoxy) is 1. The van der Waals surface area contributed by atoms with E-state index in [1.54, 1.807) is 24.1 Å². The average Bonchev–Trinajstić information content (AvgIpc) is 3.21. The van der Waals surface area contributed by atoms with Crippen LogP contribution in [0.2, 0.25) is 0 Å². The Morgan fingerprint density at radius 1 is 1.33 bits per heavy atom. The van der Waals surface area contributed by atoms with Crippen LogP contribution in [0.5, 0.6) is 0 Å². The third kappa shape index (κ3) is 1.88. The summed E-state index contributed by atoms with van der Waals surface area (Å²) in [7, 11) is 1.79. The maximum atomic E-state index is 12.2. The first-order valence-corrected chi connectivity index (χ1v) is 6.22. The van der Waals surface area contributed by atoms with Gasteiger partial charge in [-0.05, 0) is 24.5 Å². The number of hydrogen-bond donors (Lipinski definition) is 0. The molecule has 94 valence electrons. The highest BCUT2D eigenvalue weighted by Crippen LogP contribution is 2.28. The lowest BCUT2D eigenvalue weighted by molar-refractivity contribution is -0.140. The Balaban J connectivity index is 1.81. The van der Waals surface area contributed by atoms with Crippen LogP contribution in [0.3, 0.4) is 0 Å². The topological polar surface area (TPSA) is 46.6 Å². The Kier molecular flexibility index (Phi) is 2.58. The summed E-state index contributed by atoms with van der Waals surface area (Å²) in [6.45, 7) is 0. The van der Waals surface area contributed by atoms with E-state index in [1.807, 2.05) is 12.1 Å². The lowest BCUT2D eigenvalue weighted by Gasteiger charge is -2.27. The fraction of sp³-hybridized carbons (Fsp3) is 0.429. The van der Waals surface area contributed by atoms with E-state index in [1.165, 1.54) is 0 Å². The second-order valence-electron chi connectivity index (χ2n) is 4.94. The summed E-state index contributed by atoms with van der Waals surface area (Å²) < 4.78 is 5.24. The van der Waals surface area contributed by atoms with Gasteiger partial charge in [-0.1, -0.05) is 18.2 Å². The summed E-state index contributed by atoms with van der Waals surface area (Å²) in [5, 5.41) is 0. The molecule has 4 nitrogen and oxygen atoms in total. The molecule has 0 aromatic heterocycles. The number of likely N-dealkylation sites (N-methyl/N-ethyl adjacent to an activating group) is 1. The van der Waals surface area contributed by atoms with E-state index >= 15 is 0 Å². The highest BCUT2D eigenvalue weighted by Gasteiger charge is 2.37. The number of hydrogen-bond acceptors (Lipinski definition) is 3. The van der Waals surface area contributed by atoms with E-state index in [-0.39, 0.29) is 11.9 Å². The standard InChI is InChI=1S/C14H15NO3/c1-15(10-6-7-10)13(16)12-8-9-4-2-3-5-11(9)14(17)18-12/h2-5,10,12H,6-8H2,1H3/t12-/m0/s1. The number of fused-ring (bicyclic) bond motifs is 1. The molecule has 1 aliphatic heterocycles. The Hall–Kier alpha value is -1.84. The van der Waals surface area contributed by atoms with Crippen LogP contribution in [0.15, 0.2) is 24.3 Å². The number of rotatable bonds is 2. The number of amides is 1. The smallest absolute Gasteiger partial charge is 0.339 e. The van der Waals surface area contributed by atoms with Crippen molar-refractivity contribution in [1.29, 1.82) is 0 Å². The molecule has 1 amide bonds. The maximum absolute atomic E-state index is 12.2. The van der Waals surface area contributed by atoms with Crippen molar-refractivity contribution >= 4 is 11.9 Å². The van der Waals surface area contributed by atoms with Gasteiger partial charge < -0.3 is 9.64 Å². The van der Waals surface area contributed by atoms with Gasteiger partial charge in [0.05, 0.1) is 5.56 Å². The van der Waals surface area contributed by atoms with Crippen LogP contribution in [0.25, 0.3) is 0 Å². The molecular formula is C14H15NO3. The Morgan fingerprint density at radius 3 is 2.78 bits per heavy atom. The predicted molar refractivity (Wildman–Crippen MR) is 65.1 cm³/mol. The third-order valence-corrected chi connectivity index (χ3v) is 3.61. The summed E-state index contributed by atoms with van der Waals surface area (Å²) in [5.41, 5.74) is 1.48. The third-order valence-electron chi connectivity index (χ3n) is 3.61. The van der Waals surface area contributed by atoms with Gasteiger partial charge in [-0.15, -0.1) is 0 Å². The molecule has 2 aliphatic rings. The van der Waals surface area contributed by atoms with Crippen molar-refractivity contribution in [1.82, 2.24) is 4.90 Å². The summed E-state index contributed by atoms with van der Waals surface area (Å²) >= 11 is 0. The minimum Gasteiger partial charge on any atom is -0.448 e. The molecule has 1 heterocycles. The molecule has 1 atom stereocenters. The van der Waals surface area contributed by atoms with Gasteiger partial charge >= 0.3 is 5.97 Å². The minimum absolute atomic E-state index is 0.0830. The number of carbonyl (C=O) groups is 2. The number of nitrogens with zero attached hydrogens (tertiary/aromatic N) is 1. The molecule has 4 heteroatoms. The Bertz CT molecular complexity index is 508. The van der Waals surface area contributed by atoms with Gasteiger partial charge in [0, 0.05) is 19.5 Å². The largest absolute Gasteiger partial charge is 0.448 e. The van der Waals surface area contributed by atoms with Gasteiger partial charge in [-0.2, -0.15) is 0 Å². The van der Waals surface area contributed by atoms with Gasteiger partial charge in [0.25, 0.3) is 5.91 Å². The van der Waals surface area contributed by atoms with E-state index in [9.17, 15) is 9.59 Å². The first-order valence-electron chi connectivity index (χ1n) is 6.22. The van der Waals surface area contributed by atoms with Gasteiger partial charge in [0.2, 0.25) is 0 Å². The molecule has 1 aromatic rings. The molecule has 1 saturated carbocycles. The van der Waals surface area contributed by atoms with Crippen molar-refractivity contribution in [2.75, 3.05) is 7.05 Å². The highest BCUT2D eigenvalue weighted by molar-refractivity contribution is 5.95. The van der Waals surface area contributed by atoms with Crippen molar-refractivity contribution in [2.24, 2.45) is 0 Å². The first kappa shape index (κ1) is 11.3. The van der Waals surface area contributed by atoms with E-state index in [2.05, 4.69) is 0 Å². The predicted octanol–water partition coefficient (Wildman–Crippen LogP) is 1.39. The van der Waals surface area contributed by atoms with Crippen LogP contribution in [0.1, 0.15) is 28.8 Å². The van der Waals surface area contributed by atoms with Crippen molar-refractivity contribution in [3.63, 3.8) is 0 Å². The fourth-order valence-electron chi connectivity index (χ4n) is 2.34. The first-order chi connectivity index (χ1) is 8.66. The molecular weight excluding hydrogens is 230 g/mol. The molecule has 1 aliphatic carbocycles. The molecule has 0 saturated heterocycles. The van der Waals surface area contributed by atoms with Gasteiger partial charge in [-0.25, -0.2) is 4.79 Å². The minimum atomic E-state index is -0.655. The zero-order chi connectivity index (χ0) is 12.7. The highest BCUT2D eigenvalue weighted by atomic mass is 16.5. The summed E-state index contributed by atoms with van der Waals surface area (Å²) in [6.07, 6.45) is 1.94. The van der Waals surface area contributed by atoms with Crippen LogP contribution in [0.4, 0.5) is 0 Å². The average molecular weight is 245 g/mol. The zero-order valence-electron chi connectivity index (χ0n) is 10.3. The second-order valence-corrected chi connectivity index (χ2v) is 4.94. The second kappa shape index (κ2) is 4.12.